The summed E-state index contributed by atoms with van der Waals surface area (Å²) in [5.41, 5.74) is 0. The Morgan fingerprint density at radius 1 is 1.47 bits per heavy atom. The second-order valence-corrected chi connectivity index (χ2v) is 3.76. The van der Waals surface area contributed by atoms with Crippen LogP contribution in [0.5, 0.6) is 0 Å². The summed E-state index contributed by atoms with van der Waals surface area (Å²) >= 11 is 0. The van der Waals surface area contributed by atoms with Gasteiger partial charge in [0.2, 0.25) is 0 Å². The van der Waals surface area contributed by atoms with Gasteiger partial charge in [-0.15, -0.1) is 0 Å². The predicted molar refractivity (Wildman–Crippen MR) is 45.4 cm³/mol. The molecule has 0 aromatic heterocycles. The average Bonchev–Trinajstić information content (AvgIpc) is 2.15. The minimum absolute atomic E-state index is 0.0770. The van der Waals surface area contributed by atoms with Crippen molar-refractivity contribution >= 4 is 5.97 Å². The molecule has 1 rings (SSSR count). The van der Waals surface area contributed by atoms with Crippen molar-refractivity contribution in [1.82, 2.24) is 0 Å². The first-order chi connectivity index (χ1) is 6.82. The van der Waals surface area contributed by atoms with Crippen LogP contribution in [0.4, 0.5) is 13.2 Å². The van der Waals surface area contributed by atoms with Gasteiger partial charge in [-0.3, -0.25) is 4.79 Å². The van der Waals surface area contributed by atoms with Crippen molar-refractivity contribution in [3.8, 4) is 0 Å². The monoisotopic (exact) mass is 226 g/mol. The molecule has 6 heteroatoms. The fourth-order valence-corrected chi connectivity index (χ4v) is 1.62. The summed E-state index contributed by atoms with van der Waals surface area (Å²) in [6.07, 6.45) is -6.38. The van der Waals surface area contributed by atoms with Crippen LogP contribution < -0.4 is 0 Å². The highest BCUT2D eigenvalue weighted by atomic mass is 19.4. The van der Waals surface area contributed by atoms with Crippen LogP contribution in [-0.2, 0) is 9.53 Å². The van der Waals surface area contributed by atoms with Gasteiger partial charge in [-0.1, -0.05) is 0 Å². The van der Waals surface area contributed by atoms with E-state index in [1.54, 1.807) is 0 Å². The first-order valence-corrected chi connectivity index (χ1v) is 4.77. The van der Waals surface area contributed by atoms with E-state index in [9.17, 15) is 18.0 Å². The second kappa shape index (κ2) is 4.38. The van der Waals surface area contributed by atoms with E-state index in [4.69, 9.17) is 9.84 Å². The molecular weight excluding hydrogens is 213 g/mol. The number of alkyl halides is 3. The normalized spacial score (nSPS) is 29.9. The Morgan fingerprint density at radius 2 is 2.07 bits per heavy atom. The SMILES string of the molecule is CC(C(=O)O)C1CCCC(C(F)(F)F)O1. The molecule has 0 saturated carbocycles. The number of carbonyl (C=O) groups is 1. The fourth-order valence-electron chi connectivity index (χ4n) is 1.62. The van der Waals surface area contributed by atoms with E-state index in [2.05, 4.69) is 0 Å². The summed E-state index contributed by atoms with van der Waals surface area (Å²) in [5.74, 6) is -2.02. The quantitative estimate of drug-likeness (QED) is 0.785. The van der Waals surface area contributed by atoms with Crippen molar-refractivity contribution in [2.45, 2.75) is 44.6 Å². The second-order valence-electron chi connectivity index (χ2n) is 3.76. The molecule has 3 nitrogen and oxygen atoms in total. The van der Waals surface area contributed by atoms with E-state index in [0.717, 1.165) is 0 Å². The third-order valence-electron chi connectivity index (χ3n) is 2.61. The number of aliphatic carboxylic acids is 1. The number of hydrogen-bond acceptors (Lipinski definition) is 2. The molecule has 0 spiro atoms. The maximum atomic E-state index is 12.3. The zero-order valence-electron chi connectivity index (χ0n) is 8.25. The molecule has 1 heterocycles. The molecule has 0 bridgehead atoms. The van der Waals surface area contributed by atoms with Crippen LogP contribution in [0.15, 0.2) is 0 Å². The Balaban J connectivity index is 2.60. The van der Waals surface area contributed by atoms with Gasteiger partial charge in [0, 0.05) is 0 Å². The number of hydrogen-bond donors (Lipinski definition) is 1. The summed E-state index contributed by atoms with van der Waals surface area (Å²) < 4.78 is 41.7. The molecule has 0 aliphatic carbocycles. The van der Waals surface area contributed by atoms with Crippen LogP contribution in [0.2, 0.25) is 0 Å². The topological polar surface area (TPSA) is 46.5 Å². The Morgan fingerprint density at radius 3 is 2.53 bits per heavy atom. The number of carboxylic acid groups (broad SMARTS) is 1. The standard InChI is InChI=1S/C9H13F3O3/c1-5(8(13)14)6-3-2-4-7(15-6)9(10,11)12/h5-7H,2-4H2,1H3,(H,13,14). The predicted octanol–water partition coefficient (Wildman–Crippen LogP) is 2.21. The lowest BCUT2D eigenvalue weighted by atomic mass is 9.95. The molecule has 0 radical (unpaired) electrons. The molecule has 3 unspecified atom stereocenters. The van der Waals surface area contributed by atoms with Crippen LogP contribution in [0.3, 0.4) is 0 Å². The van der Waals surface area contributed by atoms with Gasteiger partial charge in [0.25, 0.3) is 0 Å². The zero-order chi connectivity index (χ0) is 11.6. The Hall–Kier alpha value is -0.780. The number of ether oxygens (including phenoxy) is 1. The highest BCUT2D eigenvalue weighted by Crippen LogP contribution is 2.34. The van der Waals surface area contributed by atoms with Crippen molar-refractivity contribution in [1.29, 1.82) is 0 Å². The molecule has 1 saturated heterocycles. The van der Waals surface area contributed by atoms with Crippen LogP contribution in [0, 0.1) is 5.92 Å². The van der Waals surface area contributed by atoms with Gasteiger partial charge in [0.1, 0.15) is 0 Å². The van der Waals surface area contributed by atoms with Gasteiger partial charge in [0.05, 0.1) is 12.0 Å². The van der Waals surface area contributed by atoms with E-state index in [1.807, 2.05) is 0 Å². The van der Waals surface area contributed by atoms with E-state index < -0.39 is 30.3 Å². The van der Waals surface area contributed by atoms with Crippen molar-refractivity contribution < 1.29 is 27.8 Å². The minimum atomic E-state index is -4.39. The molecular formula is C9H13F3O3. The van der Waals surface area contributed by atoms with Crippen molar-refractivity contribution in [2.75, 3.05) is 0 Å². The largest absolute Gasteiger partial charge is 0.481 e. The number of halogens is 3. The van der Waals surface area contributed by atoms with Gasteiger partial charge in [-0.05, 0) is 26.2 Å². The molecule has 15 heavy (non-hydrogen) atoms. The van der Waals surface area contributed by atoms with E-state index >= 15 is 0 Å². The van der Waals surface area contributed by atoms with Crippen LogP contribution in [0.1, 0.15) is 26.2 Å². The summed E-state index contributed by atoms with van der Waals surface area (Å²) in [4.78, 5) is 10.6. The highest BCUT2D eigenvalue weighted by Gasteiger charge is 2.45. The van der Waals surface area contributed by atoms with Gasteiger partial charge in [-0.25, -0.2) is 0 Å². The lowest BCUT2D eigenvalue weighted by Gasteiger charge is -2.33. The van der Waals surface area contributed by atoms with E-state index in [1.165, 1.54) is 6.92 Å². The minimum Gasteiger partial charge on any atom is -0.481 e. The molecule has 0 amide bonds. The van der Waals surface area contributed by atoms with Crippen molar-refractivity contribution in [2.24, 2.45) is 5.92 Å². The zero-order valence-corrected chi connectivity index (χ0v) is 8.25. The highest BCUT2D eigenvalue weighted by molar-refractivity contribution is 5.70. The lowest BCUT2D eigenvalue weighted by molar-refractivity contribution is -0.250. The Kier molecular flexibility index (Phi) is 3.59. The maximum absolute atomic E-state index is 12.3. The fraction of sp³-hybridized carbons (Fsp3) is 0.889. The van der Waals surface area contributed by atoms with Crippen molar-refractivity contribution in [3.63, 3.8) is 0 Å². The van der Waals surface area contributed by atoms with E-state index in [-0.39, 0.29) is 6.42 Å². The van der Waals surface area contributed by atoms with Gasteiger partial charge in [-0.2, -0.15) is 13.2 Å². The maximum Gasteiger partial charge on any atom is 0.414 e. The molecule has 1 aliphatic heterocycles. The third-order valence-corrected chi connectivity index (χ3v) is 2.61. The van der Waals surface area contributed by atoms with Gasteiger partial charge < -0.3 is 9.84 Å². The summed E-state index contributed by atoms with van der Waals surface area (Å²) in [5, 5.41) is 8.66. The number of carboxylic acids is 1. The molecule has 1 N–H and O–H groups in total. The first kappa shape index (κ1) is 12.3. The average molecular weight is 226 g/mol. The molecule has 88 valence electrons. The third kappa shape index (κ3) is 3.09. The number of rotatable bonds is 2. The molecule has 1 fully saturated rings. The van der Waals surface area contributed by atoms with Crippen LogP contribution in [0.25, 0.3) is 0 Å². The lowest BCUT2D eigenvalue weighted by Crippen LogP contribution is -2.42. The molecule has 0 aromatic rings. The molecule has 1 aliphatic rings. The van der Waals surface area contributed by atoms with E-state index in [0.29, 0.717) is 12.8 Å². The summed E-state index contributed by atoms with van der Waals surface area (Å²) in [6, 6.07) is 0. The van der Waals surface area contributed by atoms with Gasteiger partial charge >= 0.3 is 12.1 Å². The smallest absolute Gasteiger partial charge is 0.414 e. The molecule has 3 atom stereocenters. The van der Waals surface area contributed by atoms with Crippen LogP contribution >= 0.6 is 0 Å². The first-order valence-electron chi connectivity index (χ1n) is 4.77. The Labute approximate surface area is 85.2 Å². The van der Waals surface area contributed by atoms with Gasteiger partial charge in [0.15, 0.2) is 6.10 Å². The Bertz CT molecular complexity index is 239. The summed E-state index contributed by atoms with van der Waals surface area (Å²) in [6.45, 7) is 1.37. The molecule has 0 aromatic carbocycles. The summed E-state index contributed by atoms with van der Waals surface area (Å²) in [7, 11) is 0. The van der Waals surface area contributed by atoms with Crippen LogP contribution in [-0.4, -0.2) is 29.5 Å². The van der Waals surface area contributed by atoms with Crippen molar-refractivity contribution in [3.05, 3.63) is 0 Å².